The second-order valence-corrected chi connectivity index (χ2v) is 4.58. The number of hydrogen-bond acceptors (Lipinski definition) is 2. The molecule has 0 aliphatic heterocycles. The Kier molecular flexibility index (Phi) is 3.62. The van der Waals surface area contributed by atoms with Gasteiger partial charge in [-0.1, -0.05) is 24.3 Å². The average molecular weight is 217 g/mol. The van der Waals surface area contributed by atoms with E-state index in [0.29, 0.717) is 0 Å². The van der Waals surface area contributed by atoms with Gasteiger partial charge in [0.05, 0.1) is 5.52 Å². The van der Waals surface area contributed by atoms with Gasteiger partial charge in [-0.25, -0.2) is 0 Å². The van der Waals surface area contributed by atoms with E-state index in [0.717, 1.165) is 11.9 Å². The van der Waals surface area contributed by atoms with E-state index in [1.54, 1.807) is 0 Å². The molecule has 1 nitrogen and oxygen atoms in total. The maximum atomic E-state index is 4.64. The predicted octanol–water partition coefficient (Wildman–Crippen LogP) is 3.53. The molecule has 0 aliphatic rings. The molecule has 0 saturated carbocycles. The van der Waals surface area contributed by atoms with Crippen LogP contribution in [0.4, 0.5) is 0 Å². The van der Waals surface area contributed by atoms with E-state index < -0.39 is 0 Å². The van der Waals surface area contributed by atoms with Crippen LogP contribution in [0.5, 0.6) is 0 Å². The zero-order valence-electron chi connectivity index (χ0n) is 8.94. The van der Waals surface area contributed by atoms with Crippen LogP contribution in [0.25, 0.3) is 10.9 Å². The van der Waals surface area contributed by atoms with Crippen molar-refractivity contribution in [3.8, 4) is 0 Å². The van der Waals surface area contributed by atoms with Crippen molar-refractivity contribution in [1.29, 1.82) is 0 Å². The third kappa shape index (κ3) is 2.72. The number of pyridine rings is 1. The van der Waals surface area contributed by atoms with Crippen LogP contribution in [-0.4, -0.2) is 17.0 Å². The molecule has 0 saturated heterocycles. The molecule has 0 amide bonds. The molecule has 0 radical (unpaired) electrons. The van der Waals surface area contributed by atoms with Gasteiger partial charge in [-0.15, -0.1) is 0 Å². The molecule has 1 aromatic heterocycles. The Morgan fingerprint density at radius 1 is 1.13 bits per heavy atom. The Morgan fingerprint density at radius 3 is 2.87 bits per heavy atom. The zero-order valence-corrected chi connectivity index (χ0v) is 9.76. The SMILES string of the molecule is CSCCCc1ccc2ccccc2n1. The third-order valence-corrected chi connectivity index (χ3v) is 3.13. The van der Waals surface area contributed by atoms with Crippen LogP contribution in [0.3, 0.4) is 0 Å². The Labute approximate surface area is 94.9 Å². The average Bonchev–Trinajstić information content (AvgIpc) is 2.29. The number of aromatic nitrogens is 1. The summed E-state index contributed by atoms with van der Waals surface area (Å²) in [5.41, 5.74) is 2.32. The Balaban J connectivity index is 2.16. The van der Waals surface area contributed by atoms with Crippen LogP contribution in [-0.2, 0) is 6.42 Å². The van der Waals surface area contributed by atoms with Crippen LogP contribution in [0.15, 0.2) is 36.4 Å². The van der Waals surface area contributed by atoms with E-state index in [4.69, 9.17) is 0 Å². The highest BCUT2D eigenvalue weighted by Crippen LogP contribution is 2.13. The molecule has 1 aromatic carbocycles. The highest BCUT2D eigenvalue weighted by atomic mass is 32.2. The first-order valence-corrected chi connectivity index (χ1v) is 6.63. The summed E-state index contributed by atoms with van der Waals surface area (Å²) in [6.07, 6.45) is 4.45. The molecule has 2 aromatic rings. The van der Waals surface area contributed by atoms with Crippen molar-refractivity contribution in [2.45, 2.75) is 12.8 Å². The Bertz CT molecular complexity index is 439. The molecule has 2 rings (SSSR count). The van der Waals surface area contributed by atoms with Crippen molar-refractivity contribution in [3.05, 3.63) is 42.1 Å². The van der Waals surface area contributed by atoms with Crippen LogP contribution in [0.1, 0.15) is 12.1 Å². The van der Waals surface area contributed by atoms with Gasteiger partial charge in [-0.05, 0) is 37.0 Å². The van der Waals surface area contributed by atoms with Gasteiger partial charge in [0.25, 0.3) is 0 Å². The molecule has 1 heterocycles. The molecule has 0 bridgehead atoms. The number of thioether (sulfide) groups is 1. The van der Waals surface area contributed by atoms with Gasteiger partial charge in [0.1, 0.15) is 0 Å². The van der Waals surface area contributed by atoms with Crippen LogP contribution in [0, 0.1) is 0 Å². The van der Waals surface area contributed by atoms with E-state index in [1.165, 1.54) is 23.3 Å². The first kappa shape index (κ1) is 10.5. The van der Waals surface area contributed by atoms with E-state index >= 15 is 0 Å². The maximum absolute atomic E-state index is 4.64. The summed E-state index contributed by atoms with van der Waals surface area (Å²) in [5, 5.41) is 1.23. The first-order valence-electron chi connectivity index (χ1n) is 5.24. The summed E-state index contributed by atoms with van der Waals surface area (Å²) in [6.45, 7) is 0. The molecular weight excluding hydrogens is 202 g/mol. The van der Waals surface area contributed by atoms with Crippen molar-refractivity contribution in [3.63, 3.8) is 0 Å². The minimum atomic E-state index is 1.09. The lowest BCUT2D eigenvalue weighted by Gasteiger charge is -2.02. The summed E-state index contributed by atoms with van der Waals surface area (Å²) in [5.74, 6) is 1.22. The van der Waals surface area contributed by atoms with Gasteiger partial charge in [0, 0.05) is 11.1 Å². The first-order chi connectivity index (χ1) is 7.40. The van der Waals surface area contributed by atoms with Crippen molar-refractivity contribution in [1.82, 2.24) is 4.98 Å². The standard InChI is InChI=1S/C13H15NS/c1-15-10-4-6-12-9-8-11-5-2-3-7-13(11)14-12/h2-3,5,7-9H,4,6,10H2,1H3. The lowest BCUT2D eigenvalue weighted by Crippen LogP contribution is -1.92. The normalized spacial score (nSPS) is 10.7. The van der Waals surface area contributed by atoms with Crippen molar-refractivity contribution < 1.29 is 0 Å². The van der Waals surface area contributed by atoms with Gasteiger partial charge in [-0.3, -0.25) is 4.98 Å². The Hall–Kier alpha value is -1.02. The van der Waals surface area contributed by atoms with E-state index in [-0.39, 0.29) is 0 Å². The predicted molar refractivity (Wildman–Crippen MR) is 68.4 cm³/mol. The third-order valence-electron chi connectivity index (χ3n) is 2.44. The summed E-state index contributed by atoms with van der Waals surface area (Å²) in [4.78, 5) is 4.64. The molecule has 15 heavy (non-hydrogen) atoms. The van der Waals surface area contributed by atoms with Crippen molar-refractivity contribution in [2.75, 3.05) is 12.0 Å². The van der Waals surface area contributed by atoms with Gasteiger partial charge in [-0.2, -0.15) is 11.8 Å². The highest BCUT2D eigenvalue weighted by Gasteiger charge is 1.97. The summed E-state index contributed by atoms with van der Waals surface area (Å²) >= 11 is 1.90. The monoisotopic (exact) mass is 217 g/mol. The lowest BCUT2D eigenvalue weighted by atomic mass is 10.1. The van der Waals surface area contributed by atoms with Gasteiger partial charge in [0.15, 0.2) is 0 Å². The lowest BCUT2D eigenvalue weighted by molar-refractivity contribution is 0.900. The zero-order chi connectivity index (χ0) is 10.5. The summed E-state index contributed by atoms with van der Waals surface area (Å²) in [7, 11) is 0. The second-order valence-electron chi connectivity index (χ2n) is 3.59. The van der Waals surface area contributed by atoms with Crippen molar-refractivity contribution in [2.24, 2.45) is 0 Å². The highest BCUT2D eigenvalue weighted by molar-refractivity contribution is 7.98. The van der Waals surface area contributed by atoms with Crippen LogP contribution >= 0.6 is 11.8 Å². The summed E-state index contributed by atoms with van der Waals surface area (Å²) < 4.78 is 0. The van der Waals surface area contributed by atoms with Crippen LogP contribution < -0.4 is 0 Å². The number of fused-ring (bicyclic) bond motifs is 1. The summed E-state index contributed by atoms with van der Waals surface area (Å²) in [6, 6.07) is 12.6. The fourth-order valence-electron chi connectivity index (χ4n) is 1.65. The topological polar surface area (TPSA) is 12.9 Å². The minimum absolute atomic E-state index is 1.09. The molecule has 0 N–H and O–H groups in total. The van der Waals surface area contributed by atoms with Crippen LogP contribution in [0.2, 0.25) is 0 Å². The molecule has 78 valence electrons. The second kappa shape index (κ2) is 5.17. The van der Waals surface area contributed by atoms with E-state index in [9.17, 15) is 0 Å². The number of hydrogen-bond donors (Lipinski definition) is 0. The maximum Gasteiger partial charge on any atom is 0.0705 e. The molecule has 2 heteroatoms. The number of para-hydroxylation sites is 1. The number of nitrogens with zero attached hydrogens (tertiary/aromatic N) is 1. The van der Waals surface area contributed by atoms with Gasteiger partial charge < -0.3 is 0 Å². The molecular formula is C13H15NS. The van der Waals surface area contributed by atoms with E-state index in [2.05, 4.69) is 41.6 Å². The molecule has 0 fully saturated rings. The largest absolute Gasteiger partial charge is 0.253 e. The molecule has 0 spiro atoms. The molecule has 0 atom stereocenters. The quantitative estimate of drug-likeness (QED) is 0.727. The smallest absolute Gasteiger partial charge is 0.0705 e. The Morgan fingerprint density at radius 2 is 2.00 bits per heavy atom. The fraction of sp³-hybridized carbons (Fsp3) is 0.308. The minimum Gasteiger partial charge on any atom is -0.253 e. The number of benzene rings is 1. The van der Waals surface area contributed by atoms with Gasteiger partial charge in [0.2, 0.25) is 0 Å². The van der Waals surface area contributed by atoms with Crippen molar-refractivity contribution >= 4 is 22.7 Å². The van der Waals surface area contributed by atoms with Gasteiger partial charge >= 0.3 is 0 Å². The molecule has 0 unspecified atom stereocenters. The number of rotatable bonds is 4. The molecule has 0 aliphatic carbocycles. The fourth-order valence-corrected chi connectivity index (χ4v) is 2.08. The van der Waals surface area contributed by atoms with E-state index in [1.807, 2.05) is 17.8 Å². The number of aryl methyl sites for hydroxylation is 1.